The molecule has 0 saturated carbocycles. The van der Waals surface area contributed by atoms with Crippen LogP contribution in [0.2, 0.25) is 5.02 Å². The van der Waals surface area contributed by atoms with Gasteiger partial charge in [0.15, 0.2) is 16.4 Å². The van der Waals surface area contributed by atoms with E-state index < -0.39 is 34.4 Å². The van der Waals surface area contributed by atoms with Gasteiger partial charge >= 0.3 is 5.97 Å². The van der Waals surface area contributed by atoms with Crippen LogP contribution in [0.1, 0.15) is 22.3 Å². The van der Waals surface area contributed by atoms with Gasteiger partial charge in [-0.1, -0.05) is 41.9 Å². The first-order valence-electron chi connectivity index (χ1n) is 8.96. The number of hydrogen-bond donors (Lipinski definition) is 1. The molecule has 1 aliphatic heterocycles. The number of para-hydroxylation sites is 1. The number of carbonyl (C=O) groups is 2. The molecule has 0 aromatic heterocycles. The molecule has 2 aromatic rings. The first-order valence-corrected chi connectivity index (χ1v) is 11.2. The molecule has 0 aliphatic carbocycles. The zero-order valence-corrected chi connectivity index (χ0v) is 17.0. The predicted molar refractivity (Wildman–Crippen MR) is 108 cm³/mol. The Bertz CT molecular complexity index is 1010. The van der Waals surface area contributed by atoms with Crippen LogP contribution in [0, 0.1) is 0 Å². The molecule has 1 N–H and O–H groups in total. The average molecular weight is 438 g/mol. The van der Waals surface area contributed by atoms with Gasteiger partial charge in [0.25, 0.3) is 5.91 Å². The molecule has 0 spiro atoms. The number of rotatable bonds is 7. The highest BCUT2D eigenvalue weighted by Crippen LogP contribution is 2.22. The lowest BCUT2D eigenvalue weighted by Crippen LogP contribution is -2.38. The summed E-state index contributed by atoms with van der Waals surface area (Å²) in [7, 11) is -3.10. The minimum Gasteiger partial charge on any atom is -0.488 e. The number of amides is 1. The Kier molecular flexibility index (Phi) is 6.76. The molecular weight excluding hydrogens is 418 g/mol. The van der Waals surface area contributed by atoms with E-state index in [9.17, 15) is 18.0 Å². The standard InChI is InChI=1S/C20H20ClNO6S/c21-17-7-3-1-5-14(17)11-27-18-8-4-2-6-16(18)20(24)28-12-19(23)22-15-9-10-29(25,26)13-15/h1-8,15H,9-13H2,(H,22,23)/t15-/m0/s1. The van der Waals surface area contributed by atoms with Crippen LogP contribution in [0.5, 0.6) is 5.75 Å². The van der Waals surface area contributed by atoms with Crippen molar-refractivity contribution in [3.63, 3.8) is 0 Å². The van der Waals surface area contributed by atoms with Crippen molar-refractivity contribution in [3.05, 3.63) is 64.7 Å². The van der Waals surface area contributed by atoms with E-state index in [1.807, 2.05) is 18.2 Å². The van der Waals surface area contributed by atoms with Gasteiger partial charge in [0, 0.05) is 16.6 Å². The van der Waals surface area contributed by atoms with Crippen LogP contribution < -0.4 is 10.1 Å². The Morgan fingerprint density at radius 3 is 2.55 bits per heavy atom. The molecule has 1 heterocycles. The monoisotopic (exact) mass is 437 g/mol. The molecular formula is C20H20ClNO6S. The first kappa shape index (κ1) is 21.1. The second-order valence-corrected chi connectivity index (χ2v) is 9.26. The average Bonchev–Trinajstić information content (AvgIpc) is 3.04. The quantitative estimate of drug-likeness (QED) is 0.668. The third-order valence-corrected chi connectivity index (χ3v) is 6.52. The minimum absolute atomic E-state index is 0.0495. The number of benzene rings is 2. The molecule has 9 heteroatoms. The summed E-state index contributed by atoms with van der Waals surface area (Å²) < 4.78 is 33.6. The molecule has 1 atom stereocenters. The van der Waals surface area contributed by atoms with E-state index in [-0.39, 0.29) is 23.7 Å². The van der Waals surface area contributed by atoms with Gasteiger partial charge in [0.1, 0.15) is 17.9 Å². The Hall–Kier alpha value is -2.58. The maximum Gasteiger partial charge on any atom is 0.342 e. The number of ether oxygens (including phenoxy) is 2. The van der Waals surface area contributed by atoms with E-state index in [0.717, 1.165) is 5.56 Å². The van der Waals surface area contributed by atoms with Crippen LogP contribution in [0.25, 0.3) is 0 Å². The Balaban J connectivity index is 1.55. The molecule has 1 aliphatic rings. The molecule has 3 rings (SSSR count). The lowest BCUT2D eigenvalue weighted by molar-refractivity contribution is -0.124. The maximum absolute atomic E-state index is 12.4. The van der Waals surface area contributed by atoms with Gasteiger partial charge in [-0.2, -0.15) is 0 Å². The zero-order valence-electron chi connectivity index (χ0n) is 15.5. The smallest absolute Gasteiger partial charge is 0.342 e. The fourth-order valence-corrected chi connectivity index (χ4v) is 4.78. The van der Waals surface area contributed by atoms with E-state index in [1.165, 1.54) is 6.07 Å². The summed E-state index contributed by atoms with van der Waals surface area (Å²) in [6.07, 6.45) is 0.362. The number of carbonyl (C=O) groups excluding carboxylic acids is 2. The number of halogens is 1. The van der Waals surface area contributed by atoms with E-state index in [1.54, 1.807) is 24.3 Å². The molecule has 29 heavy (non-hydrogen) atoms. The largest absolute Gasteiger partial charge is 0.488 e. The van der Waals surface area contributed by atoms with Gasteiger partial charge in [0.2, 0.25) is 0 Å². The first-order chi connectivity index (χ1) is 13.8. The van der Waals surface area contributed by atoms with Crippen molar-refractivity contribution < 1.29 is 27.5 Å². The molecule has 0 unspecified atom stereocenters. The predicted octanol–water partition coefficient (Wildman–Crippen LogP) is 2.38. The summed E-state index contributed by atoms with van der Waals surface area (Å²) in [4.78, 5) is 24.3. The van der Waals surface area contributed by atoms with Crippen LogP contribution in [-0.4, -0.2) is 44.4 Å². The summed E-state index contributed by atoms with van der Waals surface area (Å²) >= 11 is 6.11. The van der Waals surface area contributed by atoms with Crippen LogP contribution in [0.4, 0.5) is 0 Å². The van der Waals surface area contributed by atoms with Gasteiger partial charge in [-0.3, -0.25) is 4.79 Å². The zero-order chi connectivity index (χ0) is 20.9. The van der Waals surface area contributed by atoms with Crippen molar-refractivity contribution in [2.75, 3.05) is 18.1 Å². The highest BCUT2D eigenvalue weighted by molar-refractivity contribution is 7.91. The van der Waals surface area contributed by atoms with Crippen molar-refractivity contribution in [3.8, 4) is 5.75 Å². The summed E-state index contributed by atoms with van der Waals surface area (Å²) in [5.74, 6) is -0.997. The van der Waals surface area contributed by atoms with Crippen molar-refractivity contribution in [2.45, 2.75) is 19.1 Å². The molecule has 1 fully saturated rings. The van der Waals surface area contributed by atoms with Gasteiger partial charge in [-0.25, -0.2) is 13.2 Å². The van der Waals surface area contributed by atoms with Crippen LogP contribution in [-0.2, 0) is 26.0 Å². The van der Waals surface area contributed by atoms with E-state index in [4.69, 9.17) is 21.1 Å². The van der Waals surface area contributed by atoms with E-state index in [0.29, 0.717) is 17.2 Å². The Labute approximate surface area is 173 Å². The summed E-state index contributed by atoms with van der Waals surface area (Å²) in [6.45, 7) is -0.338. The number of nitrogens with one attached hydrogen (secondary N) is 1. The van der Waals surface area contributed by atoms with Crippen LogP contribution in [0.3, 0.4) is 0 Å². The lowest BCUT2D eigenvalue weighted by atomic mass is 10.2. The summed E-state index contributed by atoms with van der Waals surface area (Å²) in [5.41, 5.74) is 0.944. The van der Waals surface area contributed by atoms with Crippen molar-refractivity contribution in [1.29, 1.82) is 0 Å². The molecule has 1 amide bonds. The third-order valence-electron chi connectivity index (χ3n) is 4.38. The van der Waals surface area contributed by atoms with Crippen molar-refractivity contribution in [1.82, 2.24) is 5.32 Å². The van der Waals surface area contributed by atoms with Gasteiger partial charge in [-0.15, -0.1) is 0 Å². The van der Waals surface area contributed by atoms with Crippen molar-refractivity contribution >= 4 is 33.3 Å². The molecule has 0 bridgehead atoms. The Morgan fingerprint density at radius 2 is 1.83 bits per heavy atom. The lowest BCUT2D eigenvalue weighted by Gasteiger charge is -2.13. The fraction of sp³-hybridized carbons (Fsp3) is 0.300. The molecule has 1 saturated heterocycles. The number of sulfone groups is 1. The topological polar surface area (TPSA) is 98.8 Å². The Morgan fingerprint density at radius 1 is 1.10 bits per heavy atom. The molecule has 0 radical (unpaired) electrons. The van der Waals surface area contributed by atoms with Gasteiger partial charge in [-0.05, 0) is 24.6 Å². The van der Waals surface area contributed by atoms with Gasteiger partial charge < -0.3 is 14.8 Å². The van der Waals surface area contributed by atoms with E-state index >= 15 is 0 Å². The third kappa shape index (κ3) is 5.95. The minimum atomic E-state index is -3.10. The normalized spacial score (nSPS) is 17.5. The number of esters is 1. The number of hydrogen-bond acceptors (Lipinski definition) is 6. The highest BCUT2D eigenvalue weighted by atomic mass is 35.5. The van der Waals surface area contributed by atoms with E-state index in [2.05, 4.69) is 5.32 Å². The van der Waals surface area contributed by atoms with Crippen LogP contribution in [0.15, 0.2) is 48.5 Å². The summed E-state index contributed by atoms with van der Waals surface area (Å²) in [6, 6.07) is 13.3. The second-order valence-electron chi connectivity index (χ2n) is 6.62. The molecule has 2 aromatic carbocycles. The second kappa shape index (κ2) is 9.28. The highest BCUT2D eigenvalue weighted by Gasteiger charge is 2.29. The van der Waals surface area contributed by atoms with Crippen molar-refractivity contribution in [2.24, 2.45) is 0 Å². The SMILES string of the molecule is O=C(COC(=O)c1ccccc1OCc1ccccc1Cl)N[C@H]1CCS(=O)(=O)C1. The maximum atomic E-state index is 12.4. The summed E-state index contributed by atoms with van der Waals surface area (Å²) in [5, 5.41) is 3.12. The van der Waals surface area contributed by atoms with Crippen LogP contribution >= 0.6 is 11.6 Å². The van der Waals surface area contributed by atoms with Gasteiger partial charge in [0.05, 0.1) is 11.5 Å². The molecule has 7 nitrogen and oxygen atoms in total. The molecule has 154 valence electrons. The fourth-order valence-electron chi connectivity index (χ4n) is 2.92.